The zero-order valence-electron chi connectivity index (χ0n) is 16.4. The van der Waals surface area contributed by atoms with Gasteiger partial charge in [0, 0.05) is 37.8 Å². The molecule has 0 spiro atoms. The van der Waals surface area contributed by atoms with Gasteiger partial charge in [-0.15, -0.1) is 24.8 Å². The molecule has 160 valence electrons. The van der Waals surface area contributed by atoms with Crippen molar-refractivity contribution in [1.82, 2.24) is 24.8 Å². The molecule has 3 aromatic rings. The van der Waals surface area contributed by atoms with Crippen LogP contribution in [-0.2, 0) is 6.54 Å². The Morgan fingerprint density at radius 2 is 2.03 bits per heavy atom. The summed E-state index contributed by atoms with van der Waals surface area (Å²) in [4.78, 5) is 23.9. The molecule has 7 nitrogen and oxygen atoms in total. The van der Waals surface area contributed by atoms with Gasteiger partial charge in [-0.1, -0.05) is 30.3 Å². The lowest BCUT2D eigenvalue weighted by Gasteiger charge is -2.25. The highest BCUT2D eigenvalue weighted by Crippen LogP contribution is 2.39. The fourth-order valence-electron chi connectivity index (χ4n) is 4.54. The number of nitrogens with one attached hydrogen (secondary N) is 1. The third-order valence-corrected chi connectivity index (χ3v) is 6.18. The number of imidazole rings is 1. The minimum absolute atomic E-state index is 0. The smallest absolute Gasteiger partial charge is 0.255 e. The highest BCUT2D eigenvalue weighted by atomic mass is 35.5. The molecule has 0 aliphatic carbocycles. The van der Waals surface area contributed by atoms with Gasteiger partial charge in [0.1, 0.15) is 5.52 Å². The molecule has 2 N–H and O–H groups in total. The molecule has 2 saturated heterocycles. The van der Waals surface area contributed by atoms with Gasteiger partial charge in [-0.3, -0.25) is 4.79 Å². The van der Waals surface area contributed by atoms with E-state index >= 15 is 0 Å². The van der Waals surface area contributed by atoms with Crippen molar-refractivity contribution in [2.45, 2.75) is 6.54 Å². The van der Waals surface area contributed by atoms with Crippen LogP contribution in [0.3, 0.4) is 0 Å². The van der Waals surface area contributed by atoms with Crippen molar-refractivity contribution < 1.29 is 9.90 Å². The molecule has 2 aliphatic heterocycles. The Bertz CT molecular complexity index is 1030. The summed E-state index contributed by atoms with van der Waals surface area (Å²) in [6.45, 7) is 3.67. The van der Waals surface area contributed by atoms with Crippen molar-refractivity contribution in [3.05, 3.63) is 60.0 Å². The van der Waals surface area contributed by atoms with Crippen molar-refractivity contribution in [3.8, 4) is 0 Å². The molecular formula is C21H25Cl2N5O2. The van der Waals surface area contributed by atoms with Gasteiger partial charge in [0.05, 0.1) is 25.0 Å². The largest absolute Gasteiger partial charge is 0.396 e. The number of hydrogen-bond acceptors (Lipinski definition) is 5. The number of carbonyl (C=O) groups is 1. The van der Waals surface area contributed by atoms with E-state index in [0.29, 0.717) is 31.1 Å². The van der Waals surface area contributed by atoms with Crippen molar-refractivity contribution in [2.24, 2.45) is 11.3 Å². The van der Waals surface area contributed by atoms with Crippen LogP contribution in [0.25, 0.3) is 11.2 Å². The van der Waals surface area contributed by atoms with Gasteiger partial charge in [-0.05, 0) is 17.5 Å². The first-order valence-electron chi connectivity index (χ1n) is 9.64. The standard InChI is InChI=1S/C21H23N5O2.2ClH/c27-13-21-11-22-8-17(21)10-25(12-21)20(28)16-6-18-19(23-7-16)26(14-24-18)9-15-4-2-1-3-5-15;;/h1-7,14,17,22,27H,8-13H2;2*1H/t17-,21+;;/m0../s1. The molecule has 30 heavy (non-hydrogen) atoms. The van der Waals surface area contributed by atoms with E-state index in [1.165, 1.54) is 5.56 Å². The normalized spacial score (nSPS) is 22.4. The lowest BCUT2D eigenvalue weighted by Crippen LogP contribution is -2.37. The Morgan fingerprint density at radius 3 is 2.77 bits per heavy atom. The summed E-state index contributed by atoms with van der Waals surface area (Å²) in [5.41, 5.74) is 3.02. The quantitative estimate of drug-likeness (QED) is 0.635. The zero-order valence-corrected chi connectivity index (χ0v) is 18.0. The monoisotopic (exact) mass is 449 g/mol. The molecule has 5 rings (SSSR count). The van der Waals surface area contributed by atoms with Gasteiger partial charge in [0.15, 0.2) is 5.65 Å². The number of likely N-dealkylation sites (tertiary alicyclic amines) is 1. The van der Waals surface area contributed by atoms with Crippen molar-refractivity contribution in [1.29, 1.82) is 0 Å². The third kappa shape index (κ3) is 3.78. The van der Waals surface area contributed by atoms with E-state index in [9.17, 15) is 9.90 Å². The van der Waals surface area contributed by atoms with Crippen molar-refractivity contribution in [2.75, 3.05) is 32.8 Å². The molecule has 2 aromatic heterocycles. The number of amides is 1. The van der Waals surface area contributed by atoms with E-state index in [4.69, 9.17) is 0 Å². The van der Waals surface area contributed by atoms with Crippen molar-refractivity contribution >= 4 is 41.9 Å². The molecule has 4 heterocycles. The van der Waals surface area contributed by atoms with E-state index in [-0.39, 0.29) is 42.7 Å². The Labute approximate surface area is 187 Å². The molecular weight excluding hydrogens is 425 g/mol. The van der Waals surface area contributed by atoms with Crippen LogP contribution in [0.5, 0.6) is 0 Å². The van der Waals surface area contributed by atoms with Crippen LogP contribution in [0.4, 0.5) is 0 Å². The maximum Gasteiger partial charge on any atom is 0.255 e. The Kier molecular flexibility index (Phi) is 6.67. The Hall–Kier alpha value is -2.19. The topological polar surface area (TPSA) is 83.3 Å². The molecule has 0 radical (unpaired) electrons. The molecule has 9 heteroatoms. The molecule has 2 atom stereocenters. The summed E-state index contributed by atoms with van der Waals surface area (Å²) in [5.74, 6) is 0.275. The number of aliphatic hydroxyl groups is 1. The molecule has 1 aromatic carbocycles. The highest BCUT2D eigenvalue weighted by Gasteiger charge is 2.50. The number of benzene rings is 1. The maximum atomic E-state index is 13.0. The second-order valence-corrected chi connectivity index (χ2v) is 7.96. The number of pyridine rings is 1. The number of nitrogens with zero attached hydrogens (tertiary/aromatic N) is 4. The third-order valence-electron chi connectivity index (χ3n) is 6.18. The highest BCUT2D eigenvalue weighted by molar-refractivity contribution is 5.96. The minimum atomic E-state index is -0.204. The lowest BCUT2D eigenvalue weighted by atomic mass is 9.82. The van der Waals surface area contributed by atoms with Gasteiger partial charge >= 0.3 is 0 Å². The number of aliphatic hydroxyl groups excluding tert-OH is 1. The van der Waals surface area contributed by atoms with E-state index < -0.39 is 0 Å². The van der Waals surface area contributed by atoms with Crippen LogP contribution in [-0.4, -0.2) is 63.2 Å². The fraction of sp³-hybridized carbons (Fsp3) is 0.381. The van der Waals surface area contributed by atoms with Crippen LogP contribution in [0.2, 0.25) is 0 Å². The van der Waals surface area contributed by atoms with Crippen LogP contribution in [0.1, 0.15) is 15.9 Å². The van der Waals surface area contributed by atoms with Crippen molar-refractivity contribution in [3.63, 3.8) is 0 Å². The zero-order chi connectivity index (χ0) is 19.1. The molecule has 0 saturated carbocycles. The van der Waals surface area contributed by atoms with Crippen LogP contribution >= 0.6 is 24.8 Å². The van der Waals surface area contributed by atoms with Crippen LogP contribution in [0, 0.1) is 11.3 Å². The summed E-state index contributed by atoms with van der Waals surface area (Å²) < 4.78 is 1.99. The SMILES string of the molecule is Cl.Cl.O=C(c1cnc2c(c1)ncn2Cc1ccccc1)N1C[C@@H]2CNC[C@]2(CO)C1. The predicted molar refractivity (Wildman–Crippen MR) is 119 cm³/mol. The van der Waals surface area contributed by atoms with E-state index in [1.54, 1.807) is 12.5 Å². The number of rotatable bonds is 4. The van der Waals surface area contributed by atoms with E-state index in [1.807, 2.05) is 33.7 Å². The lowest BCUT2D eigenvalue weighted by molar-refractivity contribution is 0.0745. The minimum Gasteiger partial charge on any atom is -0.396 e. The van der Waals surface area contributed by atoms with E-state index in [2.05, 4.69) is 27.4 Å². The second-order valence-electron chi connectivity index (χ2n) is 7.96. The first-order valence-corrected chi connectivity index (χ1v) is 9.64. The van der Waals surface area contributed by atoms with Crippen LogP contribution < -0.4 is 5.32 Å². The molecule has 0 bridgehead atoms. The second kappa shape index (κ2) is 8.89. The molecule has 0 unspecified atom stereocenters. The number of aromatic nitrogens is 3. The summed E-state index contributed by atoms with van der Waals surface area (Å²) in [7, 11) is 0. The Morgan fingerprint density at radius 1 is 1.23 bits per heavy atom. The van der Waals surface area contributed by atoms with Gasteiger partial charge in [-0.25, -0.2) is 9.97 Å². The van der Waals surface area contributed by atoms with Gasteiger partial charge in [-0.2, -0.15) is 0 Å². The fourth-order valence-corrected chi connectivity index (χ4v) is 4.54. The number of halogens is 2. The number of fused-ring (bicyclic) bond motifs is 2. The molecule has 2 aliphatic rings. The first-order chi connectivity index (χ1) is 13.7. The first kappa shape index (κ1) is 22.5. The van der Waals surface area contributed by atoms with Gasteiger partial charge < -0.3 is 19.9 Å². The van der Waals surface area contributed by atoms with Crippen LogP contribution in [0.15, 0.2) is 48.9 Å². The average Bonchev–Trinajstić information content (AvgIpc) is 3.40. The molecule has 1 amide bonds. The maximum absolute atomic E-state index is 13.0. The number of hydrogen-bond donors (Lipinski definition) is 2. The Balaban J connectivity index is 0.00000128. The predicted octanol–water partition coefficient (Wildman–Crippen LogP) is 1.98. The average molecular weight is 450 g/mol. The summed E-state index contributed by atoms with van der Waals surface area (Å²) in [6, 6.07) is 12.0. The summed E-state index contributed by atoms with van der Waals surface area (Å²) in [5, 5.41) is 13.2. The summed E-state index contributed by atoms with van der Waals surface area (Å²) >= 11 is 0. The molecule has 2 fully saturated rings. The summed E-state index contributed by atoms with van der Waals surface area (Å²) in [6.07, 6.45) is 3.41. The van der Waals surface area contributed by atoms with E-state index in [0.717, 1.165) is 24.3 Å². The van der Waals surface area contributed by atoms with Gasteiger partial charge in [0.2, 0.25) is 0 Å². The number of carbonyl (C=O) groups excluding carboxylic acids is 1. The van der Waals surface area contributed by atoms with Gasteiger partial charge in [0.25, 0.3) is 5.91 Å².